The molecule has 106 valence electrons. The van der Waals surface area contributed by atoms with E-state index in [2.05, 4.69) is 21.9 Å². The van der Waals surface area contributed by atoms with E-state index >= 15 is 0 Å². The third-order valence-corrected chi connectivity index (χ3v) is 3.53. The van der Waals surface area contributed by atoms with Crippen LogP contribution in [-0.4, -0.2) is 65.4 Å². The van der Waals surface area contributed by atoms with Crippen molar-refractivity contribution in [2.45, 2.75) is 25.2 Å². The molecule has 0 aliphatic carbocycles. The molecule has 4 heteroatoms. The fourth-order valence-electron chi connectivity index (χ4n) is 2.65. The molecule has 1 fully saturated rings. The van der Waals surface area contributed by atoms with Crippen molar-refractivity contribution in [3.05, 3.63) is 35.9 Å². The fourth-order valence-corrected chi connectivity index (χ4v) is 2.65. The molecule has 1 heterocycles. The first kappa shape index (κ1) is 14.5. The Kier molecular flexibility index (Phi) is 5.34. The van der Waals surface area contributed by atoms with Gasteiger partial charge in [-0.15, -0.1) is 0 Å². The van der Waals surface area contributed by atoms with Gasteiger partial charge in [0.2, 0.25) is 0 Å². The van der Waals surface area contributed by atoms with E-state index in [0.717, 1.165) is 19.5 Å². The van der Waals surface area contributed by atoms with Crippen molar-refractivity contribution in [3.63, 3.8) is 0 Å². The second-order valence-corrected chi connectivity index (χ2v) is 5.54. The number of β-amino-alcohol motifs (C(OH)–C–C–N with tert-alkyl or cyclic N) is 2. The highest BCUT2D eigenvalue weighted by molar-refractivity contribution is 5.14. The molecule has 1 aliphatic heterocycles. The van der Waals surface area contributed by atoms with Gasteiger partial charge in [0.25, 0.3) is 0 Å². The third kappa shape index (κ3) is 4.91. The zero-order valence-electron chi connectivity index (χ0n) is 11.6. The number of hydrogen-bond donors (Lipinski definition) is 2. The Bertz CT molecular complexity index is 372. The van der Waals surface area contributed by atoms with Crippen molar-refractivity contribution >= 4 is 0 Å². The van der Waals surface area contributed by atoms with Crippen molar-refractivity contribution in [1.82, 2.24) is 9.80 Å². The quantitative estimate of drug-likeness (QED) is 0.787. The number of aliphatic hydroxyl groups excluding tert-OH is 2. The largest absolute Gasteiger partial charge is 0.392 e. The lowest BCUT2D eigenvalue weighted by atomic mass is 10.2. The summed E-state index contributed by atoms with van der Waals surface area (Å²) in [6, 6.07) is 10.3. The van der Waals surface area contributed by atoms with E-state index in [0.29, 0.717) is 19.6 Å². The molecule has 19 heavy (non-hydrogen) atoms. The number of rotatable bonds is 6. The van der Waals surface area contributed by atoms with Crippen molar-refractivity contribution in [1.29, 1.82) is 0 Å². The summed E-state index contributed by atoms with van der Waals surface area (Å²) in [6.07, 6.45) is 0.250. The molecule has 0 bridgehead atoms. The molecule has 0 radical (unpaired) electrons. The molecule has 1 saturated heterocycles. The number of hydrogen-bond acceptors (Lipinski definition) is 4. The van der Waals surface area contributed by atoms with Crippen LogP contribution in [0.5, 0.6) is 0 Å². The summed E-state index contributed by atoms with van der Waals surface area (Å²) in [5.41, 5.74) is 1.26. The zero-order valence-corrected chi connectivity index (χ0v) is 11.6. The maximum Gasteiger partial charge on any atom is 0.0793 e. The van der Waals surface area contributed by atoms with E-state index in [1.165, 1.54) is 5.56 Å². The lowest BCUT2D eigenvalue weighted by Gasteiger charge is -2.24. The predicted molar refractivity (Wildman–Crippen MR) is 75.8 cm³/mol. The Hall–Kier alpha value is -0.940. The van der Waals surface area contributed by atoms with Gasteiger partial charge in [-0.05, 0) is 19.0 Å². The van der Waals surface area contributed by atoms with Crippen LogP contribution in [0.15, 0.2) is 30.3 Å². The smallest absolute Gasteiger partial charge is 0.0793 e. The van der Waals surface area contributed by atoms with Crippen molar-refractivity contribution in [2.75, 3.05) is 33.2 Å². The van der Waals surface area contributed by atoms with Gasteiger partial charge in [0.05, 0.1) is 12.2 Å². The standard InChI is InChI=1S/C15H24N2O2/c1-16(9-13-5-3-2-4-6-13)10-15(19)12-17-8-7-14(18)11-17/h2-6,14-15,18-19H,7-12H2,1H3/t14-,15?/m1/s1. The number of likely N-dealkylation sites (tertiary alicyclic amines) is 1. The summed E-state index contributed by atoms with van der Waals surface area (Å²) in [7, 11) is 2.02. The maximum atomic E-state index is 10.1. The van der Waals surface area contributed by atoms with Crippen LogP contribution >= 0.6 is 0 Å². The molecule has 1 aromatic carbocycles. The van der Waals surface area contributed by atoms with E-state index in [4.69, 9.17) is 0 Å². The molecule has 1 aromatic rings. The number of likely N-dealkylation sites (N-methyl/N-ethyl adjacent to an activating group) is 1. The second-order valence-electron chi connectivity index (χ2n) is 5.54. The van der Waals surface area contributed by atoms with E-state index in [-0.39, 0.29) is 12.2 Å². The first-order valence-corrected chi connectivity index (χ1v) is 6.94. The topological polar surface area (TPSA) is 46.9 Å². The van der Waals surface area contributed by atoms with Gasteiger partial charge in [-0.1, -0.05) is 30.3 Å². The van der Waals surface area contributed by atoms with E-state index in [1.807, 2.05) is 25.2 Å². The number of aliphatic hydroxyl groups is 2. The number of nitrogens with zero attached hydrogens (tertiary/aromatic N) is 2. The fraction of sp³-hybridized carbons (Fsp3) is 0.600. The van der Waals surface area contributed by atoms with Gasteiger partial charge in [0, 0.05) is 32.7 Å². The Balaban J connectivity index is 1.71. The summed E-state index contributed by atoms with van der Waals surface area (Å²) in [5.74, 6) is 0. The minimum Gasteiger partial charge on any atom is -0.392 e. The molecule has 2 atom stereocenters. The highest BCUT2D eigenvalue weighted by Crippen LogP contribution is 2.10. The minimum absolute atomic E-state index is 0.214. The molecule has 0 amide bonds. The molecule has 0 saturated carbocycles. The van der Waals surface area contributed by atoms with Crippen LogP contribution < -0.4 is 0 Å². The molecule has 2 rings (SSSR count). The normalized spacial score (nSPS) is 22.0. The number of benzene rings is 1. The van der Waals surface area contributed by atoms with E-state index < -0.39 is 0 Å². The van der Waals surface area contributed by atoms with Gasteiger partial charge in [-0.2, -0.15) is 0 Å². The Morgan fingerprint density at radius 3 is 2.74 bits per heavy atom. The summed E-state index contributed by atoms with van der Waals surface area (Å²) >= 11 is 0. The van der Waals surface area contributed by atoms with Gasteiger partial charge in [0.1, 0.15) is 0 Å². The summed E-state index contributed by atoms with van der Waals surface area (Å²) in [4.78, 5) is 4.26. The average molecular weight is 264 g/mol. The predicted octanol–water partition coefficient (Wildman–Crippen LogP) is 0.546. The van der Waals surface area contributed by atoms with Crippen LogP contribution in [0.25, 0.3) is 0 Å². The molecule has 2 N–H and O–H groups in total. The van der Waals surface area contributed by atoms with Crippen LogP contribution in [0.1, 0.15) is 12.0 Å². The molecule has 0 spiro atoms. The summed E-state index contributed by atoms with van der Waals surface area (Å²) in [5, 5.41) is 19.5. The Morgan fingerprint density at radius 2 is 2.11 bits per heavy atom. The first-order chi connectivity index (χ1) is 9.13. The van der Waals surface area contributed by atoms with Crippen LogP contribution in [0, 0.1) is 0 Å². The van der Waals surface area contributed by atoms with Crippen LogP contribution in [0.4, 0.5) is 0 Å². The van der Waals surface area contributed by atoms with E-state index in [9.17, 15) is 10.2 Å². The van der Waals surface area contributed by atoms with Gasteiger partial charge in [-0.25, -0.2) is 0 Å². The minimum atomic E-state index is -0.362. The molecule has 1 aliphatic rings. The maximum absolute atomic E-state index is 10.1. The summed E-state index contributed by atoms with van der Waals surface area (Å²) < 4.78 is 0. The third-order valence-electron chi connectivity index (χ3n) is 3.53. The van der Waals surface area contributed by atoms with Gasteiger partial charge in [0.15, 0.2) is 0 Å². The van der Waals surface area contributed by atoms with Crippen molar-refractivity contribution in [3.8, 4) is 0 Å². The highest BCUT2D eigenvalue weighted by atomic mass is 16.3. The lowest BCUT2D eigenvalue weighted by Crippen LogP contribution is -2.38. The van der Waals surface area contributed by atoms with E-state index in [1.54, 1.807) is 0 Å². The van der Waals surface area contributed by atoms with Crippen molar-refractivity contribution in [2.24, 2.45) is 0 Å². The molecule has 4 nitrogen and oxygen atoms in total. The van der Waals surface area contributed by atoms with Crippen LogP contribution in [0.2, 0.25) is 0 Å². The van der Waals surface area contributed by atoms with Crippen LogP contribution in [-0.2, 0) is 6.54 Å². The Labute approximate surface area is 115 Å². The zero-order chi connectivity index (χ0) is 13.7. The summed E-state index contributed by atoms with van der Waals surface area (Å²) in [6.45, 7) is 3.73. The van der Waals surface area contributed by atoms with Gasteiger partial charge >= 0.3 is 0 Å². The highest BCUT2D eigenvalue weighted by Gasteiger charge is 2.22. The average Bonchev–Trinajstić information content (AvgIpc) is 2.75. The molecular weight excluding hydrogens is 240 g/mol. The monoisotopic (exact) mass is 264 g/mol. The Morgan fingerprint density at radius 1 is 1.37 bits per heavy atom. The molecule has 1 unspecified atom stereocenters. The van der Waals surface area contributed by atoms with Crippen LogP contribution in [0.3, 0.4) is 0 Å². The van der Waals surface area contributed by atoms with Gasteiger partial charge in [-0.3, -0.25) is 9.80 Å². The van der Waals surface area contributed by atoms with Gasteiger partial charge < -0.3 is 10.2 Å². The second kappa shape index (κ2) is 7.01. The first-order valence-electron chi connectivity index (χ1n) is 6.94. The SMILES string of the molecule is CN(Cc1ccccc1)CC(O)CN1CC[C@@H](O)C1. The van der Waals surface area contributed by atoms with Crippen molar-refractivity contribution < 1.29 is 10.2 Å². The lowest BCUT2D eigenvalue weighted by molar-refractivity contribution is 0.0822. The molecule has 0 aromatic heterocycles. The molecular formula is C15H24N2O2.